The number of aryl methyl sites for hydroxylation is 1. The summed E-state index contributed by atoms with van der Waals surface area (Å²) in [7, 11) is 0. The zero-order valence-corrected chi connectivity index (χ0v) is 14.8. The minimum atomic E-state index is 0.0106. The molecule has 2 aromatic heterocycles. The minimum Gasteiger partial charge on any atom is -0.372 e. The zero-order chi connectivity index (χ0) is 17.1. The zero-order valence-electron chi connectivity index (χ0n) is 14.8. The maximum Gasteiger partial charge on any atom is 0.0925 e. The van der Waals surface area contributed by atoms with Gasteiger partial charge in [-0.2, -0.15) is 0 Å². The number of aromatic amines is 1. The Morgan fingerprint density at radius 3 is 3.00 bits per heavy atom. The van der Waals surface area contributed by atoms with Crippen molar-refractivity contribution >= 4 is 0 Å². The highest BCUT2D eigenvalue weighted by atomic mass is 16.6. The van der Waals surface area contributed by atoms with Crippen molar-refractivity contribution < 1.29 is 9.47 Å². The average Bonchev–Trinajstić information content (AvgIpc) is 3.23. The van der Waals surface area contributed by atoms with Crippen LogP contribution in [-0.2, 0) is 22.6 Å². The molecule has 25 heavy (non-hydrogen) atoms. The minimum absolute atomic E-state index is 0.0106. The predicted molar refractivity (Wildman–Crippen MR) is 93.9 cm³/mol. The number of pyridine rings is 1. The first-order chi connectivity index (χ1) is 12.2. The van der Waals surface area contributed by atoms with Gasteiger partial charge in [0.15, 0.2) is 0 Å². The van der Waals surface area contributed by atoms with E-state index in [4.69, 9.17) is 9.47 Å². The van der Waals surface area contributed by atoms with Gasteiger partial charge in [0.1, 0.15) is 0 Å². The summed E-state index contributed by atoms with van der Waals surface area (Å²) >= 11 is 0. The van der Waals surface area contributed by atoms with Gasteiger partial charge in [0.25, 0.3) is 0 Å². The quantitative estimate of drug-likeness (QED) is 0.904. The Kier molecular flexibility index (Phi) is 4.83. The molecular weight excluding hydrogens is 316 g/mol. The molecule has 0 saturated carbocycles. The molecule has 1 atom stereocenters. The van der Waals surface area contributed by atoms with Gasteiger partial charge < -0.3 is 14.5 Å². The third-order valence-electron chi connectivity index (χ3n) is 5.46. The number of piperidine rings is 1. The predicted octanol–water partition coefficient (Wildman–Crippen LogP) is 2.45. The molecule has 4 heterocycles. The monoisotopic (exact) mass is 342 g/mol. The topological polar surface area (TPSA) is 63.3 Å². The Bertz CT molecular complexity index is 680. The van der Waals surface area contributed by atoms with E-state index >= 15 is 0 Å². The van der Waals surface area contributed by atoms with Crippen molar-refractivity contribution in [1.29, 1.82) is 0 Å². The number of nitrogens with one attached hydrogen (secondary N) is 1. The molecule has 134 valence electrons. The normalized spacial score (nSPS) is 23.3. The lowest BCUT2D eigenvalue weighted by Crippen LogP contribution is -2.44. The summed E-state index contributed by atoms with van der Waals surface area (Å²) in [6.45, 7) is 6.44. The molecule has 0 amide bonds. The van der Waals surface area contributed by atoms with Gasteiger partial charge in [-0.25, -0.2) is 4.98 Å². The molecule has 2 saturated heterocycles. The molecule has 0 aromatic carbocycles. The Hall–Kier alpha value is -1.76. The van der Waals surface area contributed by atoms with Crippen LogP contribution in [0.4, 0.5) is 0 Å². The van der Waals surface area contributed by atoms with Crippen molar-refractivity contribution in [3.05, 3.63) is 47.8 Å². The van der Waals surface area contributed by atoms with Gasteiger partial charge in [-0.3, -0.25) is 9.88 Å². The SMILES string of the molecule is Cc1[nH]cnc1CN1CCC2(CC1)C[C@@H](OCc1cccnc1)CO2. The van der Waals surface area contributed by atoms with E-state index in [1.807, 2.05) is 18.3 Å². The smallest absolute Gasteiger partial charge is 0.0925 e. The molecule has 2 aliphatic rings. The van der Waals surface area contributed by atoms with E-state index in [-0.39, 0.29) is 11.7 Å². The van der Waals surface area contributed by atoms with Crippen molar-refractivity contribution in [2.45, 2.75) is 51.0 Å². The first-order valence-electron chi connectivity index (χ1n) is 9.08. The summed E-state index contributed by atoms with van der Waals surface area (Å²) in [5, 5.41) is 0. The highest BCUT2D eigenvalue weighted by molar-refractivity contribution is 5.09. The van der Waals surface area contributed by atoms with E-state index in [1.54, 1.807) is 12.5 Å². The number of hydrogen-bond acceptors (Lipinski definition) is 5. The molecule has 0 unspecified atom stereocenters. The van der Waals surface area contributed by atoms with Gasteiger partial charge in [-0.05, 0) is 31.4 Å². The fraction of sp³-hybridized carbons (Fsp3) is 0.579. The Morgan fingerprint density at radius 2 is 2.28 bits per heavy atom. The largest absolute Gasteiger partial charge is 0.372 e. The third-order valence-corrected chi connectivity index (χ3v) is 5.46. The molecule has 2 aromatic rings. The maximum absolute atomic E-state index is 6.20. The van der Waals surface area contributed by atoms with Crippen LogP contribution in [0.5, 0.6) is 0 Å². The second-order valence-corrected chi connectivity index (χ2v) is 7.24. The number of imidazole rings is 1. The van der Waals surface area contributed by atoms with Crippen LogP contribution in [0, 0.1) is 6.92 Å². The summed E-state index contributed by atoms with van der Waals surface area (Å²) in [6, 6.07) is 4.00. The molecule has 0 radical (unpaired) electrons. The molecule has 1 spiro atoms. The van der Waals surface area contributed by atoms with Crippen LogP contribution in [0.1, 0.15) is 36.2 Å². The summed E-state index contributed by atoms with van der Waals surface area (Å²) in [5.41, 5.74) is 3.45. The molecule has 0 aliphatic carbocycles. The van der Waals surface area contributed by atoms with Crippen LogP contribution in [0.2, 0.25) is 0 Å². The van der Waals surface area contributed by atoms with E-state index in [0.29, 0.717) is 13.2 Å². The van der Waals surface area contributed by atoms with Crippen LogP contribution < -0.4 is 0 Å². The Morgan fingerprint density at radius 1 is 1.40 bits per heavy atom. The van der Waals surface area contributed by atoms with Crippen LogP contribution in [0.15, 0.2) is 30.9 Å². The Labute approximate surface area is 148 Å². The molecule has 1 N–H and O–H groups in total. The fourth-order valence-electron chi connectivity index (χ4n) is 3.83. The molecule has 6 nitrogen and oxygen atoms in total. The van der Waals surface area contributed by atoms with Crippen LogP contribution in [0.3, 0.4) is 0 Å². The summed E-state index contributed by atoms with van der Waals surface area (Å²) in [6.07, 6.45) is 8.77. The average molecular weight is 342 g/mol. The molecular formula is C19H26N4O2. The van der Waals surface area contributed by atoms with Crippen molar-refractivity contribution in [2.24, 2.45) is 0 Å². The first kappa shape index (κ1) is 16.7. The van der Waals surface area contributed by atoms with Crippen molar-refractivity contribution in [3.8, 4) is 0 Å². The van der Waals surface area contributed by atoms with E-state index in [2.05, 4.69) is 26.8 Å². The highest BCUT2D eigenvalue weighted by Gasteiger charge is 2.43. The first-order valence-corrected chi connectivity index (χ1v) is 9.08. The van der Waals surface area contributed by atoms with Gasteiger partial charge in [-0.1, -0.05) is 6.07 Å². The lowest BCUT2D eigenvalue weighted by atomic mass is 9.88. The molecule has 6 heteroatoms. The van der Waals surface area contributed by atoms with Gasteiger partial charge in [0, 0.05) is 44.1 Å². The summed E-state index contributed by atoms with van der Waals surface area (Å²) in [5.74, 6) is 0. The van der Waals surface area contributed by atoms with Crippen molar-refractivity contribution in [1.82, 2.24) is 19.9 Å². The Balaban J connectivity index is 1.25. The van der Waals surface area contributed by atoms with Crippen LogP contribution in [-0.4, -0.2) is 51.3 Å². The molecule has 2 fully saturated rings. The van der Waals surface area contributed by atoms with E-state index in [0.717, 1.165) is 50.2 Å². The number of aromatic nitrogens is 3. The number of H-pyrrole nitrogens is 1. The molecule has 4 rings (SSSR count). The fourth-order valence-corrected chi connectivity index (χ4v) is 3.83. The number of rotatable bonds is 5. The van der Waals surface area contributed by atoms with E-state index < -0.39 is 0 Å². The summed E-state index contributed by atoms with van der Waals surface area (Å²) < 4.78 is 12.3. The maximum atomic E-state index is 6.20. The number of nitrogens with zero attached hydrogens (tertiary/aromatic N) is 3. The second kappa shape index (κ2) is 7.23. The lowest BCUT2D eigenvalue weighted by molar-refractivity contribution is -0.0470. The number of ether oxygens (including phenoxy) is 2. The van der Waals surface area contributed by atoms with E-state index in [9.17, 15) is 0 Å². The number of hydrogen-bond donors (Lipinski definition) is 1. The van der Waals surface area contributed by atoms with Crippen LogP contribution in [0.25, 0.3) is 0 Å². The van der Waals surface area contributed by atoms with E-state index in [1.165, 1.54) is 5.69 Å². The van der Waals surface area contributed by atoms with Gasteiger partial charge in [-0.15, -0.1) is 0 Å². The lowest BCUT2D eigenvalue weighted by Gasteiger charge is -2.38. The van der Waals surface area contributed by atoms with Gasteiger partial charge in [0.2, 0.25) is 0 Å². The van der Waals surface area contributed by atoms with Gasteiger partial charge >= 0.3 is 0 Å². The van der Waals surface area contributed by atoms with Crippen molar-refractivity contribution in [2.75, 3.05) is 19.7 Å². The third kappa shape index (κ3) is 3.92. The molecule has 2 aliphatic heterocycles. The van der Waals surface area contributed by atoms with Crippen LogP contribution >= 0.6 is 0 Å². The number of likely N-dealkylation sites (tertiary alicyclic amines) is 1. The van der Waals surface area contributed by atoms with Gasteiger partial charge in [0.05, 0.1) is 36.9 Å². The van der Waals surface area contributed by atoms with Crippen molar-refractivity contribution in [3.63, 3.8) is 0 Å². The molecule has 0 bridgehead atoms. The standard InChI is InChI=1S/C19H26N4O2/c1-15-18(22-14-21-15)11-23-7-4-19(5-8-23)9-17(13-25-19)24-12-16-3-2-6-20-10-16/h2-3,6,10,14,17H,4-5,7-9,11-13H2,1H3,(H,21,22)/t17-/m1/s1. The highest BCUT2D eigenvalue weighted by Crippen LogP contribution is 2.37. The summed E-state index contributed by atoms with van der Waals surface area (Å²) in [4.78, 5) is 14.2. The second-order valence-electron chi connectivity index (χ2n) is 7.24.